The summed E-state index contributed by atoms with van der Waals surface area (Å²) in [6.07, 6.45) is 4.57. The van der Waals surface area contributed by atoms with E-state index in [-0.39, 0.29) is 5.76 Å². The van der Waals surface area contributed by atoms with Crippen LogP contribution in [0.5, 0.6) is 0 Å². The maximum atomic E-state index is 10.8. The minimum Gasteiger partial charge on any atom is -0.475 e. The van der Waals surface area contributed by atoms with E-state index in [2.05, 4.69) is 9.97 Å². The van der Waals surface area contributed by atoms with E-state index in [0.29, 0.717) is 22.5 Å². The highest BCUT2D eigenvalue weighted by atomic mass is 32.2. The standard InChI is InChI=1S/C16H15N3O3S2/c17-13-12-9-3-1-2-4-11(9)24-14(12)19-16(18-13)23-7-8-5-6-10(22-8)15(20)21/h5-6H,1-4,7H2,(H,20,21)(H2,17,18,19). The predicted molar refractivity (Wildman–Crippen MR) is 93.7 cm³/mol. The van der Waals surface area contributed by atoms with Gasteiger partial charge in [0.05, 0.1) is 11.1 Å². The van der Waals surface area contributed by atoms with Gasteiger partial charge in [0.15, 0.2) is 5.16 Å². The van der Waals surface area contributed by atoms with Crippen LogP contribution in [-0.2, 0) is 18.6 Å². The third-order valence-corrected chi connectivity index (χ3v) is 6.09. The molecule has 0 spiro atoms. The molecule has 0 aliphatic heterocycles. The fourth-order valence-corrected chi connectivity index (χ4v) is 5.01. The van der Waals surface area contributed by atoms with E-state index in [9.17, 15) is 4.79 Å². The minimum absolute atomic E-state index is 0.0626. The Morgan fingerprint density at radius 2 is 2.17 bits per heavy atom. The predicted octanol–water partition coefficient (Wildman–Crippen LogP) is 3.74. The number of rotatable bonds is 4. The summed E-state index contributed by atoms with van der Waals surface area (Å²) in [5, 5.41) is 10.5. The summed E-state index contributed by atoms with van der Waals surface area (Å²) >= 11 is 3.10. The molecule has 8 heteroatoms. The lowest BCUT2D eigenvalue weighted by atomic mass is 9.97. The van der Waals surface area contributed by atoms with Gasteiger partial charge in [0, 0.05) is 4.88 Å². The lowest BCUT2D eigenvalue weighted by Crippen LogP contribution is -2.01. The third kappa shape index (κ3) is 2.76. The van der Waals surface area contributed by atoms with E-state index in [1.807, 2.05) is 0 Å². The lowest BCUT2D eigenvalue weighted by Gasteiger charge is -2.10. The van der Waals surface area contributed by atoms with E-state index in [0.717, 1.165) is 23.1 Å². The molecule has 3 aromatic rings. The number of aryl methyl sites for hydroxylation is 2. The summed E-state index contributed by atoms with van der Waals surface area (Å²) < 4.78 is 5.25. The number of fused-ring (bicyclic) bond motifs is 3. The number of carbonyl (C=O) groups is 1. The van der Waals surface area contributed by atoms with Gasteiger partial charge in [0.1, 0.15) is 16.4 Å². The molecule has 0 fully saturated rings. The summed E-state index contributed by atoms with van der Waals surface area (Å²) in [5.41, 5.74) is 7.51. The molecule has 3 aromatic heterocycles. The van der Waals surface area contributed by atoms with Crippen molar-refractivity contribution in [3.63, 3.8) is 0 Å². The molecule has 3 N–H and O–H groups in total. The number of thiophene rings is 1. The zero-order valence-electron chi connectivity index (χ0n) is 12.7. The number of nitrogen functional groups attached to an aromatic ring is 1. The topological polar surface area (TPSA) is 102 Å². The molecule has 0 radical (unpaired) electrons. The fourth-order valence-electron chi connectivity index (χ4n) is 2.94. The van der Waals surface area contributed by atoms with Crippen molar-refractivity contribution in [3.8, 4) is 0 Å². The van der Waals surface area contributed by atoms with Gasteiger partial charge in [-0.3, -0.25) is 0 Å². The SMILES string of the molecule is Nc1nc(SCc2ccc(C(=O)O)o2)nc2sc3c(c12)CCCC3. The first-order valence-corrected chi connectivity index (χ1v) is 9.44. The zero-order valence-corrected chi connectivity index (χ0v) is 14.4. The number of anilines is 1. The van der Waals surface area contributed by atoms with Gasteiger partial charge in [-0.2, -0.15) is 0 Å². The number of hydrogen-bond donors (Lipinski definition) is 2. The van der Waals surface area contributed by atoms with Gasteiger partial charge in [-0.05, 0) is 43.4 Å². The molecule has 24 heavy (non-hydrogen) atoms. The van der Waals surface area contributed by atoms with Crippen LogP contribution in [0, 0.1) is 0 Å². The molecular formula is C16H15N3O3S2. The Balaban J connectivity index is 1.59. The largest absolute Gasteiger partial charge is 0.475 e. The molecule has 0 bridgehead atoms. The van der Waals surface area contributed by atoms with Crippen molar-refractivity contribution in [3.05, 3.63) is 34.1 Å². The fraction of sp³-hybridized carbons (Fsp3) is 0.312. The second-order valence-corrected chi connectivity index (χ2v) is 7.67. The average molecular weight is 361 g/mol. The van der Waals surface area contributed by atoms with Crippen LogP contribution in [-0.4, -0.2) is 21.0 Å². The Labute approximate surface area is 146 Å². The molecule has 3 heterocycles. The Bertz CT molecular complexity index is 932. The molecule has 0 atom stereocenters. The van der Waals surface area contributed by atoms with Crippen LogP contribution in [0.25, 0.3) is 10.2 Å². The van der Waals surface area contributed by atoms with Gasteiger partial charge in [0.2, 0.25) is 5.76 Å². The highest BCUT2D eigenvalue weighted by Gasteiger charge is 2.20. The van der Waals surface area contributed by atoms with Crippen LogP contribution in [0.2, 0.25) is 0 Å². The summed E-state index contributed by atoms with van der Waals surface area (Å²) in [7, 11) is 0. The van der Waals surface area contributed by atoms with Crippen molar-refractivity contribution in [1.82, 2.24) is 9.97 Å². The van der Waals surface area contributed by atoms with Crippen molar-refractivity contribution in [2.45, 2.75) is 36.6 Å². The quantitative estimate of drug-likeness (QED) is 0.539. The van der Waals surface area contributed by atoms with Gasteiger partial charge >= 0.3 is 5.97 Å². The summed E-state index contributed by atoms with van der Waals surface area (Å²) in [6, 6.07) is 3.10. The molecule has 0 saturated carbocycles. The molecule has 1 aliphatic rings. The summed E-state index contributed by atoms with van der Waals surface area (Å²) in [6.45, 7) is 0. The lowest BCUT2D eigenvalue weighted by molar-refractivity contribution is 0.0661. The monoisotopic (exact) mass is 361 g/mol. The first-order valence-electron chi connectivity index (χ1n) is 7.64. The molecule has 1 aliphatic carbocycles. The van der Waals surface area contributed by atoms with Crippen molar-refractivity contribution >= 4 is 45.1 Å². The first-order chi connectivity index (χ1) is 11.6. The van der Waals surface area contributed by atoms with Crippen LogP contribution >= 0.6 is 23.1 Å². The number of thioether (sulfide) groups is 1. The van der Waals surface area contributed by atoms with Gasteiger partial charge in [-0.1, -0.05) is 11.8 Å². The number of carboxylic acid groups (broad SMARTS) is 1. The summed E-state index contributed by atoms with van der Waals surface area (Å²) in [5.74, 6) is 0.436. The number of aromatic nitrogens is 2. The molecule has 6 nitrogen and oxygen atoms in total. The van der Waals surface area contributed by atoms with E-state index in [1.54, 1.807) is 17.4 Å². The Morgan fingerprint density at radius 1 is 1.33 bits per heavy atom. The Morgan fingerprint density at radius 3 is 2.96 bits per heavy atom. The van der Waals surface area contributed by atoms with E-state index in [1.165, 1.54) is 41.1 Å². The number of aromatic carboxylic acids is 1. The average Bonchev–Trinajstić information content (AvgIpc) is 3.17. The summed E-state index contributed by atoms with van der Waals surface area (Å²) in [4.78, 5) is 22.2. The van der Waals surface area contributed by atoms with E-state index < -0.39 is 5.97 Å². The maximum absolute atomic E-state index is 10.8. The smallest absolute Gasteiger partial charge is 0.371 e. The molecule has 0 saturated heterocycles. The molecule has 0 amide bonds. The van der Waals surface area contributed by atoms with Crippen LogP contribution in [0.4, 0.5) is 5.82 Å². The van der Waals surface area contributed by atoms with Crippen molar-refractivity contribution in [2.75, 3.05) is 5.73 Å². The Kier molecular flexibility index (Phi) is 3.93. The number of nitrogens with two attached hydrogens (primary N) is 1. The second kappa shape index (κ2) is 6.10. The first kappa shape index (κ1) is 15.5. The van der Waals surface area contributed by atoms with Gasteiger partial charge in [0.25, 0.3) is 0 Å². The molecular weight excluding hydrogens is 346 g/mol. The van der Waals surface area contributed by atoms with Crippen LogP contribution in [0.15, 0.2) is 21.7 Å². The van der Waals surface area contributed by atoms with Gasteiger partial charge < -0.3 is 15.3 Å². The van der Waals surface area contributed by atoms with Crippen molar-refractivity contribution in [1.29, 1.82) is 0 Å². The van der Waals surface area contributed by atoms with Gasteiger partial charge in [-0.25, -0.2) is 14.8 Å². The number of hydrogen-bond acceptors (Lipinski definition) is 7. The number of carboxylic acids is 1. The van der Waals surface area contributed by atoms with Crippen LogP contribution in [0.1, 0.15) is 39.6 Å². The zero-order chi connectivity index (χ0) is 16.7. The van der Waals surface area contributed by atoms with Gasteiger partial charge in [-0.15, -0.1) is 11.3 Å². The highest BCUT2D eigenvalue weighted by Crippen LogP contribution is 2.38. The van der Waals surface area contributed by atoms with E-state index in [4.69, 9.17) is 15.3 Å². The molecule has 0 aromatic carbocycles. The maximum Gasteiger partial charge on any atom is 0.371 e. The molecule has 4 rings (SSSR count). The number of furan rings is 1. The normalized spacial score (nSPS) is 14.0. The van der Waals surface area contributed by atoms with Crippen molar-refractivity contribution < 1.29 is 14.3 Å². The third-order valence-electron chi connectivity index (χ3n) is 4.04. The molecule has 0 unspecified atom stereocenters. The van der Waals surface area contributed by atoms with Crippen molar-refractivity contribution in [2.24, 2.45) is 0 Å². The molecule has 124 valence electrons. The van der Waals surface area contributed by atoms with Crippen LogP contribution < -0.4 is 5.73 Å². The highest BCUT2D eigenvalue weighted by molar-refractivity contribution is 7.98. The second-order valence-electron chi connectivity index (χ2n) is 5.64. The minimum atomic E-state index is -1.07. The van der Waals surface area contributed by atoms with Crippen LogP contribution in [0.3, 0.4) is 0 Å². The Hall–Kier alpha value is -2.06. The van der Waals surface area contributed by atoms with E-state index >= 15 is 0 Å². The number of nitrogens with zero attached hydrogens (tertiary/aromatic N) is 2.